The summed E-state index contributed by atoms with van der Waals surface area (Å²) in [6.07, 6.45) is 4.53. The maximum absolute atomic E-state index is 9.46. The van der Waals surface area contributed by atoms with Crippen LogP contribution in [0.15, 0.2) is 36.5 Å². The van der Waals surface area contributed by atoms with Crippen molar-refractivity contribution in [1.82, 2.24) is 25.0 Å². The van der Waals surface area contributed by atoms with Crippen LogP contribution < -0.4 is 4.74 Å². The van der Waals surface area contributed by atoms with Crippen molar-refractivity contribution in [2.24, 2.45) is 0 Å². The fourth-order valence-corrected chi connectivity index (χ4v) is 4.89. The fraction of sp³-hybridized carbons (Fsp3) is 0.370. The Kier molecular flexibility index (Phi) is 6.18. The molecule has 8 heteroatoms. The Hall–Kier alpha value is -3.83. The van der Waals surface area contributed by atoms with Crippen LogP contribution in [0.25, 0.3) is 22.2 Å². The first-order valence-corrected chi connectivity index (χ1v) is 11.9. The molecule has 0 amide bonds. The predicted octanol–water partition coefficient (Wildman–Crippen LogP) is 5.52. The summed E-state index contributed by atoms with van der Waals surface area (Å²) >= 11 is 0. The molecule has 2 atom stereocenters. The van der Waals surface area contributed by atoms with Crippen LogP contribution in [0.5, 0.6) is 5.75 Å². The minimum absolute atomic E-state index is 0.114. The number of hydrogen-bond donors (Lipinski definition) is 0. The Labute approximate surface area is 204 Å². The van der Waals surface area contributed by atoms with Gasteiger partial charge in [0.1, 0.15) is 29.3 Å². The van der Waals surface area contributed by atoms with Crippen molar-refractivity contribution in [2.45, 2.75) is 59.3 Å². The van der Waals surface area contributed by atoms with E-state index in [2.05, 4.69) is 21.3 Å². The van der Waals surface area contributed by atoms with Crippen LogP contribution in [0.2, 0.25) is 0 Å². The lowest BCUT2D eigenvalue weighted by Gasteiger charge is -2.23. The van der Waals surface area contributed by atoms with Crippen LogP contribution in [0.4, 0.5) is 0 Å². The Bertz CT molecular complexity index is 1410. The Balaban J connectivity index is 1.61. The molecule has 1 saturated heterocycles. The Morgan fingerprint density at radius 3 is 2.77 bits per heavy atom. The van der Waals surface area contributed by atoms with E-state index in [0.29, 0.717) is 5.69 Å². The van der Waals surface area contributed by atoms with Gasteiger partial charge >= 0.3 is 0 Å². The summed E-state index contributed by atoms with van der Waals surface area (Å²) in [5.41, 5.74) is 6.69. The zero-order valence-electron chi connectivity index (χ0n) is 20.4. The predicted molar refractivity (Wildman–Crippen MR) is 132 cm³/mol. The highest BCUT2D eigenvalue weighted by molar-refractivity contribution is 5.94. The molecule has 0 N–H and O–H groups in total. The first kappa shape index (κ1) is 22.9. The summed E-state index contributed by atoms with van der Waals surface area (Å²) in [5, 5.41) is 23.6. The lowest BCUT2D eigenvalue weighted by Crippen LogP contribution is -2.19. The number of ether oxygens (including phenoxy) is 2. The molecule has 0 saturated carbocycles. The van der Waals surface area contributed by atoms with Crippen molar-refractivity contribution < 1.29 is 9.47 Å². The van der Waals surface area contributed by atoms with Gasteiger partial charge in [0.05, 0.1) is 17.4 Å². The Morgan fingerprint density at radius 1 is 1.17 bits per heavy atom. The highest BCUT2D eigenvalue weighted by Crippen LogP contribution is 2.36. The Morgan fingerprint density at radius 2 is 2.03 bits per heavy atom. The zero-order valence-corrected chi connectivity index (χ0v) is 20.4. The van der Waals surface area contributed by atoms with Crippen LogP contribution in [0.3, 0.4) is 0 Å². The van der Waals surface area contributed by atoms with E-state index < -0.39 is 0 Å². The van der Waals surface area contributed by atoms with Crippen LogP contribution in [-0.2, 0) is 4.74 Å². The molecule has 1 unspecified atom stereocenters. The van der Waals surface area contributed by atoms with Gasteiger partial charge < -0.3 is 9.47 Å². The maximum Gasteiger partial charge on any atom is 0.150 e. The van der Waals surface area contributed by atoms with E-state index in [4.69, 9.17) is 14.6 Å². The van der Waals surface area contributed by atoms with Gasteiger partial charge in [0, 0.05) is 28.8 Å². The average molecular weight is 469 g/mol. The van der Waals surface area contributed by atoms with E-state index >= 15 is 0 Å². The molecule has 4 heterocycles. The third-order valence-corrected chi connectivity index (χ3v) is 6.44. The number of aryl methyl sites for hydroxylation is 3. The van der Waals surface area contributed by atoms with E-state index in [1.807, 2.05) is 56.6 Å². The second kappa shape index (κ2) is 9.43. The number of nitrogens with zero attached hydrogens (tertiary/aromatic N) is 6. The number of hydrogen-bond acceptors (Lipinski definition) is 7. The molecule has 1 fully saturated rings. The molecule has 1 aromatic carbocycles. The third-order valence-electron chi connectivity index (χ3n) is 6.44. The summed E-state index contributed by atoms with van der Waals surface area (Å²) in [5.74, 6) is 0.734. The molecule has 1 aliphatic rings. The highest BCUT2D eigenvalue weighted by Gasteiger charge is 2.23. The van der Waals surface area contributed by atoms with E-state index in [-0.39, 0.29) is 12.3 Å². The molecular weight excluding hydrogens is 440 g/mol. The van der Waals surface area contributed by atoms with Gasteiger partial charge in [0.15, 0.2) is 6.23 Å². The van der Waals surface area contributed by atoms with E-state index in [0.717, 1.165) is 76.3 Å². The number of fused-ring (bicyclic) bond motifs is 1. The molecule has 1 aliphatic heterocycles. The standard InChI is InChI=1S/C27H28N6O2/c1-16-15-29-31-18(3)26(16)19(4)35-22-8-9-24-23(13-22)27(20-11-17(2)30-21(12-20)14-28)32-33(24)25-7-5-6-10-34-25/h8-9,11-13,15,19,25H,5-7,10H2,1-4H3/t19-,25?/m0/s1. The van der Waals surface area contributed by atoms with Crippen LogP contribution in [0, 0.1) is 32.1 Å². The van der Waals surface area contributed by atoms with Crippen molar-refractivity contribution in [1.29, 1.82) is 5.26 Å². The third kappa shape index (κ3) is 4.47. The first-order valence-electron chi connectivity index (χ1n) is 11.9. The number of rotatable bonds is 5. The lowest BCUT2D eigenvalue weighted by molar-refractivity contribution is -0.0365. The second-order valence-corrected chi connectivity index (χ2v) is 9.07. The minimum Gasteiger partial charge on any atom is -0.486 e. The SMILES string of the molecule is Cc1cc(-c2nn(C3CCCCO3)c3ccc(O[C@@H](C)c4c(C)cnnc4C)cc23)cc(C#N)n1. The van der Waals surface area contributed by atoms with Gasteiger partial charge in [-0.05, 0) is 82.9 Å². The van der Waals surface area contributed by atoms with Gasteiger partial charge in [-0.3, -0.25) is 0 Å². The highest BCUT2D eigenvalue weighted by atomic mass is 16.5. The van der Waals surface area contributed by atoms with Gasteiger partial charge in [-0.2, -0.15) is 20.6 Å². The summed E-state index contributed by atoms with van der Waals surface area (Å²) in [7, 11) is 0. The van der Waals surface area contributed by atoms with E-state index in [1.165, 1.54) is 0 Å². The molecule has 4 aromatic rings. The topological polar surface area (TPSA) is 98.7 Å². The van der Waals surface area contributed by atoms with Crippen LogP contribution in [0.1, 0.15) is 66.7 Å². The summed E-state index contributed by atoms with van der Waals surface area (Å²) in [6, 6.07) is 11.9. The number of pyridine rings is 1. The molecule has 0 bridgehead atoms. The van der Waals surface area contributed by atoms with E-state index in [1.54, 1.807) is 12.3 Å². The molecule has 3 aromatic heterocycles. The maximum atomic E-state index is 9.46. The molecule has 5 rings (SSSR count). The lowest BCUT2D eigenvalue weighted by atomic mass is 10.0. The molecule has 35 heavy (non-hydrogen) atoms. The summed E-state index contributed by atoms with van der Waals surface area (Å²) < 4.78 is 14.4. The van der Waals surface area contributed by atoms with Crippen molar-refractivity contribution >= 4 is 10.9 Å². The quantitative estimate of drug-likeness (QED) is 0.380. The van der Waals surface area contributed by atoms with Crippen molar-refractivity contribution in [3.8, 4) is 23.1 Å². The molecular formula is C27H28N6O2. The summed E-state index contributed by atoms with van der Waals surface area (Å²) in [6.45, 7) is 8.60. The van der Waals surface area contributed by atoms with Gasteiger partial charge in [0.25, 0.3) is 0 Å². The van der Waals surface area contributed by atoms with Crippen LogP contribution >= 0.6 is 0 Å². The first-order chi connectivity index (χ1) is 16.9. The van der Waals surface area contributed by atoms with E-state index in [9.17, 15) is 5.26 Å². The smallest absolute Gasteiger partial charge is 0.150 e. The van der Waals surface area contributed by atoms with Gasteiger partial charge in [0.2, 0.25) is 0 Å². The van der Waals surface area contributed by atoms with Gasteiger partial charge in [-0.25, -0.2) is 9.67 Å². The second-order valence-electron chi connectivity index (χ2n) is 9.07. The zero-order chi connectivity index (χ0) is 24.5. The molecule has 0 radical (unpaired) electrons. The molecule has 0 aliphatic carbocycles. The molecule has 0 spiro atoms. The van der Waals surface area contributed by atoms with Crippen molar-refractivity contribution in [3.05, 3.63) is 64.7 Å². The minimum atomic E-state index is -0.198. The average Bonchev–Trinajstić information content (AvgIpc) is 3.23. The van der Waals surface area contributed by atoms with Gasteiger partial charge in [-0.1, -0.05) is 0 Å². The van der Waals surface area contributed by atoms with Gasteiger partial charge in [-0.15, -0.1) is 0 Å². The van der Waals surface area contributed by atoms with Crippen LogP contribution in [-0.4, -0.2) is 31.6 Å². The number of aromatic nitrogens is 5. The molecule has 178 valence electrons. The van der Waals surface area contributed by atoms with Crippen molar-refractivity contribution in [2.75, 3.05) is 6.61 Å². The number of benzene rings is 1. The normalized spacial score (nSPS) is 16.7. The summed E-state index contributed by atoms with van der Waals surface area (Å²) in [4.78, 5) is 4.31. The fourth-order valence-electron chi connectivity index (χ4n) is 4.89. The largest absolute Gasteiger partial charge is 0.486 e. The van der Waals surface area contributed by atoms with Crippen molar-refractivity contribution in [3.63, 3.8) is 0 Å². The molecule has 8 nitrogen and oxygen atoms in total. The monoisotopic (exact) mass is 468 g/mol. The number of nitriles is 1.